The zero-order valence-corrected chi connectivity index (χ0v) is 13.7. The van der Waals surface area contributed by atoms with E-state index in [1.165, 1.54) is 36.4 Å². The molecule has 4 nitrogen and oxygen atoms in total. The van der Waals surface area contributed by atoms with Gasteiger partial charge < -0.3 is 9.29 Å². The monoisotopic (exact) mass is 326 g/mol. The summed E-state index contributed by atoms with van der Waals surface area (Å²) in [6.45, 7) is 1.87. The van der Waals surface area contributed by atoms with Crippen molar-refractivity contribution in [3.05, 3.63) is 54.1 Å². The summed E-state index contributed by atoms with van der Waals surface area (Å²) in [6, 6.07) is 11.9. The molecule has 0 fully saturated rings. The maximum Gasteiger partial charge on any atom is 0.339 e. The standard InChI is InChI=1S/C13H12O4S.C2H6S/c1-10-2-8-13(9-3-10)18(15,16)17-12-6-4-11(14)5-7-12;1-3-2/h2-9,14H,1H3;1-2H3. The van der Waals surface area contributed by atoms with Gasteiger partial charge in [-0.15, -0.1) is 0 Å². The maximum atomic E-state index is 11.9. The highest BCUT2D eigenvalue weighted by molar-refractivity contribution is 7.97. The molecule has 0 bridgehead atoms. The van der Waals surface area contributed by atoms with Crippen LogP contribution in [0.3, 0.4) is 0 Å². The summed E-state index contributed by atoms with van der Waals surface area (Å²) in [6.07, 6.45) is 4.08. The Kier molecular flexibility index (Phi) is 6.58. The van der Waals surface area contributed by atoms with E-state index in [4.69, 9.17) is 9.29 Å². The van der Waals surface area contributed by atoms with E-state index in [9.17, 15) is 8.42 Å². The van der Waals surface area contributed by atoms with E-state index in [-0.39, 0.29) is 16.4 Å². The lowest BCUT2D eigenvalue weighted by atomic mass is 10.2. The molecule has 2 aromatic carbocycles. The van der Waals surface area contributed by atoms with E-state index in [0.717, 1.165) is 5.56 Å². The Morgan fingerprint density at radius 1 is 0.952 bits per heavy atom. The average Bonchev–Trinajstić information content (AvgIpc) is 2.42. The van der Waals surface area contributed by atoms with Gasteiger partial charge in [-0.3, -0.25) is 0 Å². The topological polar surface area (TPSA) is 63.6 Å². The predicted molar refractivity (Wildman–Crippen MR) is 86.5 cm³/mol. The molecular weight excluding hydrogens is 308 g/mol. The fourth-order valence-corrected chi connectivity index (χ4v) is 2.31. The van der Waals surface area contributed by atoms with Crippen molar-refractivity contribution in [3.8, 4) is 11.5 Å². The summed E-state index contributed by atoms with van der Waals surface area (Å²) >= 11 is 1.75. The lowest BCUT2D eigenvalue weighted by Gasteiger charge is -2.07. The minimum atomic E-state index is -3.82. The van der Waals surface area contributed by atoms with Crippen LogP contribution in [0.1, 0.15) is 5.56 Å². The quantitative estimate of drug-likeness (QED) is 0.875. The summed E-state index contributed by atoms with van der Waals surface area (Å²) in [5.41, 5.74) is 0.971. The molecule has 0 aliphatic rings. The van der Waals surface area contributed by atoms with Crippen molar-refractivity contribution in [2.45, 2.75) is 11.8 Å². The van der Waals surface area contributed by atoms with Crippen LogP contribution in [0.25, 0.3) is 0 Å². The first kappa shape index (κ1) is 17.4. The van der Waals surface area contributed by atoms with Crippen molar-refractivity contribution in [1.82, 2.24) is 0 Å². The number of phenolic OH excluding ortho intramolecular Hbond substituents is 1. The summed E-state index contributed by atoms with van der Waals surface area (Å²) < 4.78 is 28.8. The molecule has 2 rings (SSSR count). The van der Waals surface area contributed by atoms with Gasteiger partial charge in [0.15, 0.2) is 0 Å². The van der Waals surface area contributed by atoms with Gasteiger partial charge >= 0.3 is 10.1 Å². The van der Waals surface area contributed by atoms with E-state index < -0.39 is 10.1 Å². The van der Waals surface area contributed by atoms with E-state index in [2.05, 4.69) is 0 Å². The largest absolute Gasteiger partial charge is 0.508 e. The van der Waals surface area contributed by atoms with Crippen LogP contribution >= 0.6 is 11.8 Å². The van der Waals surface area contributed by atoms with Gasteiger partial charge in [0.2, 0.25) is 0 Å². The molecule has 0 saturated heterocycles. The SMILES string of the molecule is CSC.Cc1ccc(S(=O)(=O)Oc2ccc(O)cc2)cc1. The van der Waals surface area contributed by atoms with Gasteiger partial charge in [-0.2, -0.15) is 20.2 Å². The first-order chi connectivity index (χ1) is 9.89. The number of thioether (sulfide) groups is 1. The molecule has 0 aliphatic carbocycles. The van der Waals surface area contributed by atoms with Crippen LogP contribution in [0.15, 0.2) is 53.4 Å². The molecule has 0 amide bonds. The fraction of sp³-hybridized carbons (Fsp3) is 0.200. The second kappa shape index (κ2) is 7.95. The zero-order chi connectivity index (χ0) is 15.9. The van der Waals surface area contributed by atoms with Gasteiger partial charge in [-0.1, -0.05) is 17.7 Å². The number of phenols is 1. The number of benzene rings is 2. The highest BCUT2D eigenvalue weighted by Gasteiger charge is 2.16. The number of aryl methyl sites for hydroxylation is 1. The molecule has 0 saturated carbocycles. The molecule has 0 aromatic heterocycles. The smallest absolute Gasteiger partial charge is 0.339 e. The number of aromatic hydroxyl groups is 1. The highest BCUT2D eigenvalue weighted by atomic mass is 32.2. The Hall–Kier alpha value is -1.66. The van der Waals surface area contributed by atoms with Gasteiger partial charge in [0, 0.05) is 0 Å². The van der Waals surface area contributed by atoms with Crippen LogP contribution in [0, 0.1) is 6.92 Å². The molecule has 0 radical (unpaired) electrons. The van der Waals surface area contributed by atoms with E-state index in [1.54, 1.807) is 23.9 Å². The Balaban J connectivity index is 0.000000677. The van der Waals surface area contributed by atoms with Gasteiger partial charge in [0.1, 0.15) is 16.4 Å². The van der Waals surface area contributed by atoms with Crippen LogP contribution in [0.4, 0.5) is 0 Å². The molecule has 21 heavy (non-hydrogen) atoms. The molecule has 0 heterocycles. The summed E-state index contributed by atoms with van der Waals surface area (Å²) in [4.78, 5) is 0.0983. The van der Waals surface area contributed by atoms with Crippen LogP contribution in [-0.4, -0.2) is 26.0 Å². The zero-order valence-electron chi connectivity index (χ0n) is 12.1. The second-order valence-electron chi connectivity index (χ2n) is 4.25. The Morgan fingerprint density at radius 2 is 1.43 bits per heavy atom. The molecule has 1 N–H and O–H groups in total. The first-order valence-corrected chi connectivity index (χ1v) is 9.13. The van der Waals surface area contributed by atoms with Crippen molar-refractivity contribution in [2.75, 3.05) is 12.5 Å². The van der Waals surface area contributed by atoms with E-state index >= 15 is 0 Å². The van der Waals surface area contributed by atoms with Crippen molar-refractivity contribution >= 4 is 21.9 Å². The summed E-state index contributed by atoms with van der Waals surface area (Å²) in [5.74, 6) is 0.212. The van der Waals surface area contributed by atoms with Gasteiger partial charge in [-0.05, 0) is 55.8 Å². The molecule has 0 unspecified atom stereocenters. The summed E-state index contributed by atoms with van der Waals surface area (Å²) in [7, 11) is -3.82. The lowest BCUT2D eigenvalue weighted by Crippen LogP contribution is -2.09. The Morgan fingerprint density at radius 3 is 1.90 bits per heavy atom. The van der Waals surface area contributed by atoms with E-state index in [1.807, 2.05) is 19.4 Å². The van der Waals surface area contributed by atoms with Crippen molar-refractivity contribution in [1.29, 1.82) is 0 Å². The first-order valence-electron chi connectivity index (χ1n) is 6.09. The summed E-state index contributed by atoms with van der Waals surface area (Å²) in [5, 5.41) is 9.10. The van der Waals surface area contributed by atoms with E-state index in [0.29, 0.717) is 0 Å². The van der Waals surface area contributed by atoms with Gasteiger partial charge in [-0.25, -0.2) is 0 Å². The number of hydrogen-bond donors (Lipinski definition) is 1. The maximum absolute atomic E-state index is 11.9. The Bertz CT molecular complexity index is 647. The molecule has 6 heteroatoms. The van der Waals surface area contributed by atoms with Crippen LogP contribution in [0.5, 0.6) is 11.5 Å². The third-order valence-corrected chi connectivity index (χ3v) is 3.61. The van der Waals surface area contributed by atoms with Crippen LogP contribution in [-0.2, 0) is 10.1 Å². The third kappa shape index (κ3) is 5.69. The third-order valence-electron chi connectivity index (χ3n) is 2.35. The molecule has 0 spiro atoms. The predicted octanol–water partition coefficient (Wildman–Crippen LogP) is 3.45. The minimum Gasteiger partial charge on any atom is -0.508 e. The molecule has 0 aliphatic heterocycles. The van der Waals surface area contributed by atoms with Gasteiger partial charge in [0.05, 0.1) is 0 Å². The van der Waals surface area contributed by atoms with Gasteiger partial charge in [0.25, 0.3) is 0 Å². The fourth-order valence-electron chi connectivity index (χ4n) is 1.38. The lowest BCUT2D eigenvalue weighted by molar-refractivity contribution is 0.468. The molecule has 0 atom stereocenters. The van der Waals surface area contributed by atoms with Crippen molar-refractivity contribution in [3.63, 3.8) is 0 Å². The number of hydrogen-bond acceptors (Lipinski definition) is 5. The Labute approximate surface area is 129 Å². The number of rotatable bonds is 3. The minimum absolute atomic E-state index is 0.0510. The molecule has 114 valence electrons. The van der Waals surface area contributed by atoms with Crippen LogP contribution < -0.4 is 4.18 Å². The van der Waals surface area contributed by atoms with Crippen molar-refractivity contribution < 1.29 is 17.7 Å². The molecular formula is C15H18O4S2. The molecule has 2 aromatic rings. The normalized spacial score (nSPS) is 10.4. The highest BCUT2D eigenvalue weighted by Crippen LogP contribution is 2.21. The van der Waals surface area contributed by atoms with Crippen LogP contribution in [0.2, 0.25) is 0 Å². The average molecular weight is 326 g/mol. The van der Waals surface area contributed by atoms with Crippen molar-refractivity contribution in [2.24, 2.45) is 0 Å². The second-order valence-corrected chi connectivity index (χ2v) is 6.62.